The zero-order valence-electron chi connectivity index (χ0n) is 12.2. The molecule has 1 saturated heterocycles. The van der Waals surface area contributed by atoms with Gasteiger partial charge in [-0.05, 0) is 32.4 Å². The molecule has 1 N–H and O–H groups in total. The summed E-state index contributed by atoms with van der Waals surface area (Å²) in [5.41, 5.74) is 2.54. The fourth-order valence-corrected chi connectivity index (χ4v) is 3.87. The quantitative estimate of drug-likeness (QED) is 0.945. The third-order valence-corrected chi connectivity index (χ3v) is 4.88. The lowest BCUT2D eigenvalue weighted by Gasteiger charge is -2.26. The molecule has 2 unspecified atom stereocenters. The van der Waals surface area contributed by atoms with Gasteiger partial charge in [0.2, 0.25) is 0 Å². The summed E-state index contributed by atoms with van der Waals surface area (Å²) >= 11 is 1.86. The minimum atomic E-state index is 0.105. The summed E-state index contributed by atoms with van der Waals surface area (Å²) in [7, 11) is 0. The second-order valence-electron chi connectivity index (χ2n) is 5.33. The number of thiophene rings is 1. The standard InChI is InChI=1S/C15H21N3OS/c1-10-6-13(12(3)20-10)11(2)18-9-17-7-14(18)15-8-16-4-5-19-15/h6-7,9,11,15-16H,4-5,8H2,1-3H3. The van der Waals surface area contributed by atoms with E-state index in [0.717, 1.165) is 25.4 Å². The molecule has 20 heavy (non-hydrogen) atoms. The highest BCUT2D eigenvalue weighted by atomic mass is 32.1. The fraction of sp³-hybridized carbons (Fsp3) is 0.533. The van der Waals surface area contributed by atoms with Crippen molar-refractivity contribution >= 4 is 11.3 Å². The minimum absolute atomic E-state index is 0.105. The van der Waals surface area contributed by atoms with Gasteiger partial charge < -0.3 is 14.6 Å². The van der Waals surface area contributed by atoms with Gasteiger partial charge in [-0.3, -0.25) is 0 Å². The first-order valence-electron chi connectivity index (χ1n) is 7.08. The average Bonchev–Trinajstić information content (AvgIpc) is 3.05. The fourth-order valence-electron chi connectivity index (χ4n) is 2.86. The Kier molecular flexibility index (Phi) is 3.92. The summed E-state index contributed by atoms with van der Waals surface area (Å²) in [6.07, 6.45) is 3.96. The van der Waals surface area contributed by atoms with Crippen LogP contribution >= 0.6 is 11.3 Å². The van der Waals surface area contributed by atoms with E-state index in [0.29, 0.717) is 6.04 Å². The molecule has 2 atom stereocenters. The zero-order chi connectivity index (χ0) is 14.1. The van der Waals surface area contributed by atoms with Crippen LogP contribution in [0.25, 0.3) is 0 Å². The predicted octanol–water partition coefficient (Wildman–Crippen LogP) is 2.83. The number of hydrogen-bond acceptors (Lipinski definition) is 4. The molecule has 108 valence electrons. The molecule has 0 aliphatic carbocycles. The van der Waals surface area contributed by atoms with Crippen LogP contribution in [0.1, 0.15) is 40.1 Å². The molecular formula is C15H21N3OS. The van der Waals surface area contributed by atoms with Gasteiger partial charge in [0.15, 0.2) is 0 Å². The van der Waals surface area contributed by atoms with Gasteiger partial charge in [-0.15, -0.1) is 11.3 Å². The molecule has 3 rings (SSSR count). The van der Waals surface area contributed by atoms with E-state index < -0.39 is 0 Å². The van der Waals surface area contributed by atoms with Crippen LogP contribution in [0, 0.1) is 13.8 Å². The lowest BCUT2D eigenvalue weighted by molar-refractivity contribution is 0.0224. The number of morpholine rings is 1. The van der Waals surface area contributed by atoms with Crippen molar-refractivity contribution in [2.75, 3.05) is 19.7 Å². The van der Waals surface area contributed by atoms with Gasteiger partial charge in [0.1, 0.15) is 6.10 Å². The number of aryl methyl sites for hydroxylation is 2. The molecule has 1 aliphatic rings. The Morgan fingerprint density at radius 1 is 1.50 bits per heavy atom. The van der Waals surface area contributed by atoms with Crippen LogP contribution in [0.15, 0.2) is 18.6 Å². The molecule has 2 aromatic rings. The molecule has 0 aromatic carbocycles. The third-order valence-electron chi connectivity index (χ3n) is 3.90. The molecule has 1 aliphatic heterocycles. The second kappa shape index (κ2) is 5.68. The van der Waals surface area contributed by atoms with Crippen LogP contribution in [0.4, 0.5) is 0 Å². The molecule has 0 spiro atoms. The van der Waals surface area contributed by atoms with Crippen LogP contribution in [0.5, 0.6) is 0 Å². The van der Waals surface area contributed by atoms with Crippen molar-refractivity contribution in [2.24, 2.45) is 0 Å². The Morgan fingerprint density at radius 2 is 2.35 bits per heavy atom. The number of rotatable bonds is 3. The summed E-state index contributed by atoms with van der Waals surface area (Å²) in [5.74, 6) is 0. The zero-order valence-corrected chi connectivity index (χ0v) is 13.0. The molecule has 5 heteroatoms. The van der Waals surface area contributed by atoms with Crippen LogP contribution in [-0.4, -0.2) is 29.2 Å². The van der Waals surface area contributed by atoms with E-state index >= 15 is 0 Å². The van der Waals surface area contributed by atoms with E-state index in [2.05, 4.69) is 41.7 Å². The molecule has 0 radical (unpaired) electrons. The largest absolute Gasteiger partial charge is 0.369 e. The maximum atomic E-state index is 5.86. The summed E-state index contributed by atoms with van der Waals surface area (Å²) in [6, 6.07) is 2.58. The van der Waals surface area contributed by atoms with E-state index in [1.807, 2.05) is 23.9 Å². The Labute approximate surface area is 123 Å². The Morgan fingerprint density at radius 3 is 3.00 bits per heavy atom. The molecule has 0 amide bonds. The van der Waals surface area contributed by atoms with Gasteiger partial charge in [-0.1, -0.05) is 0 Å². The molecular weight excluding hydrogens is 270 g/mol. The van der Waals surface area contributed by atoms with Crippen LogP contribution in [0.3, 0.4) is 0 Å². The van der Waals surface area contributed by atoms with E-state index in [-0.39, 0.29) is 6.10 Å². The SMILES string of the molecule is Cc1cc(C(C)n2cncc2C2CNCCO2)c(C)s1. The number of nitrogens with zero attached hydrogens (tertiary/aromatic N) is 2. The van der Waals surface area contributed by atoms with Crippen molar-refractivity contribution in [1.29, 1.82) is 0 Å². The minimum Gasteiger partial charge on any atom is -0.369 e. The maximum absolute atomic E-state index is 5.86. The first-order valence-corrected chi connectivity index (χ1v) is 7.89. The lowest BCUT2D eigenvalue weighted by Crippen LogP contribution is -2.34. The highest BCUT2D eigenvalue weighted by molar-refractivity contribution is 7.12. The average molecular weight is 291 g/mol. The number of nitrogens with one attached hydrogen (secondary N) is 1. The van der Waals surface area contributed by atoms with E-state index in [1.54, 1.807) is 0 Å². The van der Waals surface area contributed by atoms with E-state index in [9.17, 15) is 0 Å². The number of aromatic nitrogens is 2. The van der Waals surface area contributed by atoms with Crippen molar-refractivity contribution in [3.63, 3.8) is 0 Å². The van der Waals surface area contributed by atoms with Gasteiger partial charge >= 0.3 is 0 Å². The Bertz CT molecular complexity index is 584. The predicted molar refractivity (Wildman–Crippen MR) is 81.4 cm³/mol. The molecule has 4 nitrogen and oxygen atoms in total. The van der Waals surface area contributed by atoms with Crippen molar-refractivity contribution < 1.29 is 4.74 Å². The maximum Gasteiger partial charge on any atom is 0.111 e. The molecule has 0 saturated carbocycles. The number of imidazole rings is 1. The highest BCUT2D eigenvalue weighted by Crippen LogP contribution is 2.31. The van der Waals surface area contributed by atoms with Crippen molar-refractivity contribution in [3.05, 3.63) is 39.6 Å². The topological polar surface area (TPSA) is 39.1 Å². The highest BCUT2D eigenvalue weighted by Gasteiger charge is 2.23. The smallest absolute Gasteiger partial charge is 0.111 e. The van der Waals surface area contributed by atoms with Gasteiger partial charge in [-0.25, -0.2) is 4.98 Å². The number of ether oxygens (including phenoxy) is 1. The molecule has 2 aromatic heterocycles. The first-order chi connectivity index (χ1) is 9.66. The lowest BCUT2D eigenvalue weighted by atomic mass is 10.1. The van der Waals surface area contributed by atoms with E-state index in [1.165, 1.54) is 15.3 Å². The number of hydrogen-bond donors (Lipinski definition) is 1. The summed E-state index contributed by atoms with van der Waals surface area (Å²) in [4.78, 5) is 7.09. The van der Waals surface area contributed by atoms with Crippen LogP contribution in [-0.2, 0) is 4.74 Å². The summed E-state index contributed by atoms with van der Waals surface area (Å²) in [6.45, 7) is 9.15. The first kappa shape index (κ1) is 13.8. The Balaban J connectivity index is 1.90. The van der Waals surface area contributed by atoms with Gasteiger partial charge in [-0.2, -0.15) is 0 Å². The van der Waals surface area contributed by atoms with Gasteiger partial charge in [0, 0.05) is 22.8 Å². The third kappa shape index (κ3) is 2.53. The van der Waals surface area contributed by atoms with Crippen molar-refractivity contribution in [1.82, 2.24) is 14.9 Å². The molecule has 1 fully saturated rings. The van der Waals surface area contributed by atoms with Crippen LogP contribution in [0.2, 0.25) is 0 Å². The molecule has 3 heterocycles. The van der Waals surface area contributed by atoms with Crippen molar-refractivity contribution in [3.8, 4) is 0 Å². The van der Waals surface area contributed by atoms with Gasteiger partial charge in [0.25, 0.3) is 0 Å². The summed E-state index contributed by atoms with van der Waals surface area (Å²) in [5, 5.41) is 3.38. The Hall–Kier alpha value is -1.17. The monoisotopic (exact) mass is 291 g/mol. The molecule has 0 bridgehead atoms. The van der Waals surface area contributed by atoms with E-state index in [4.69, 9.17) is 4.74 Å². The second-order valence-corrected chi connectivity index (χ2v) is 6.79. The normalized spacial score (nSPS) is 21.1. The summed E-state index contributed by atoms with van der Waals surface area (Å²) < 4.78 is 8.11. The van der Waals surface area contributed by atoms with Crippen LogP contribution < -0.4 is 5.32 Å². The van der Waals surface area contributed by atoms with Crippen molar-refractivity contribution in [2.45, 2.75) is 32.9 Å². The van der Waals surface area contributed by atoms with Gasteiger partial charge in [0.05, 0.1) is 30.9 Å².